The smallest absolute Gasteiger partial charge is 0.550 e. The van der Waals surface area contributed by atoms with Gasteiger partial charge in [-0.25, -0.2) is 13.2 Å². The topological polar surface area (TPSA) is 235 Å². The first-order valence-electron chi connectivity index (χ1n) is 14.6. The molecule has 20 heteroatoms. The number of carbonyl (C=O) groups is 5. The van der Waals surface area contributed by atoms with Crippen molar-refractivity contribution in [1.82, 2.24) is 24.8 Å². The molecular formula is C27H34K2N6O10S2. The second kappa shape index (κ2) is 15.5. The number of aromatic nitrogens is 3. The van der Waals surface area contributed by atoms with Crippen LogP contribution in [0.2, 0.25) is 0 Å². The number of Topliss-reactive ketones (excluding diaryl/α,β-unsaturated/α-hetero) is 1. The van der Waals surface area contributed by atoms with E-state index in [1.807, 2.05) is 20.2 Å². The van der Waals surface area contributed by atoms with E-state index in [9.17, 15) is 47.7 Å². The predicted octanol–water partition coefficient (Wildman–Crippen LogP) is -8.43. The SMILES string of the molecule is CC1(C)S[C@@H]2[C@H](N=CN3CCCCCC3)C(=O)N2[C@H]1C(=O)O.C[C@]1(Cn2cc(C(=O)[O-])nn2)[C@H](C(=O)[O-])C2C(=O)CC2S1(=O)=O.[K+].[K+]. The Balaban J connectivity index is 0.000000245. The summed E-state index contributed by atoms with van der Waals surface area (Å²) >= 11 is 1.55. The molecule has 1 aliphatic carbocycles. The number of fused-ring (bicyclic) bond motifs is 2. The third-order valence-electron chi connectivity index (χ3n) is 9.40. The van der Waals surface area contributed by atoms with Crippen LogP contribution in [0.5, 0.6) is 0 Å². The molecule has 2 unspecified atom stereocenters. The van der Waals surface area contributed by atoms with Crippen molar-refractivity contribution in [1.29, 1.82) is 0 Å². The van der Waals surface area contributed by atoms with Gasteiger partial charge in [0.05, 0.1) is 35.0 Å². The van der Waals surface area contributed by atoms with E-state index in [1.165, 1.54) is 37.5 Å². The number of rotatable bonds is 7. The summed E-state index contributed by atoms with van der Waals surface area (Å²) in [5, 5.41) is 37.1. The van der Waals surface area contributed by atoms with Crippen LogP contribution in [0.15, 0.2) is 11.2 Å². The third-order valence-corrected chi connectivity index (χ3v) is 13.9. The van der Waals surface area contributed by atoms with Crippen LogP contribution in [0.25, 0.3) is 0 Å². The van der Waals surface area contributed by atoms with Crippen molar-refractivity contribution >= 4 is 57.5 Å². The molecule has 6 rings (SSSR count). The van der Waals surface area contributed by atoms with Crippen LogP contribution in [0.3, 0.4) is 0 Å². The van der Waals surface area contributed by atoms with Gasteiger partial charge in [-0.3, -0.25) is 19.3 Å². The zero-order valence-corrected chi connectivity index (χ0v) is 34.8. The van der Waals surface area contributed by atoms with E-state index in [0.29, 0.717) is 0 Å². The first-order chi connectivity index (χ1) is 21.0. The summed E-state index contributed by atoms with van der Waals surface area (Å²) in [7, 11) is -3.96. The van der Waals surface area contributed by atoms with E-state index in [0.717, 1.165) is 24.0 Å². The van der Waals surface area contributed by atoms with Crippen molar-refractivity contribution in [2.45, 2.75) is 91.6 Å². The molecule has 16 nitrogen and oxygen atoms in total. The van der Waals surface area contributed by atoms with E-state index in [2.05, 4.69) is 20.2 Å². The predicted molar refractivity (Wildman–Crippen MR) is 153 cm³/mol. The van der Waals surface area contributed by atoms with Crippen LogP contribution in [-0.4, -0.2) is 120 Å². The normalized spacial score (nSPS) is 33.1. The number of aliphatic carboxylic acids is 2. The summed E-state index contributed by atoms with van der Waals surface area (Å²) in [6.07, 6.45) is 7.40. The molecule has 5 aliphatic rings. The fourth-order valence-corrected chi connectivity index (χ4v) is 11.3. The Kier molecular flexibility index (Phi) is 13.6. The van der Waals surface area contributed by atoms with Crippen molar-refractivity contribution in [2.75, 3.05) is 13.1 Å². The first-order valence-corrected chi connectivity index (χ1v) is 17.0. The molecule has 0 spiro atoms. The minimum atomic E-state index is -3.96. The summed E-state index contributed by atoms with van der Waals surface area (Å²) in [6, 6.07) is -1.17. The fraction of sp³-hybridized carbons (Fsp3) is 0.704. The number of nitrogens with zero attached hydrogens (tertiary/aromatic N) is 6. The Morgan fingerprint density at radius 2 is 1.72 bits per heavy atom. The number of carbonyl (C=O) groups excluding carboxylic acids is 4. The molecule has 1 N–H and O–H groups in total. The van der Waals surface area contributed by atoms with Crippen LogP contribution >= 0.6 is 11.8 Å². The Morgan fingerprint density at radius 1 is 1.11 bits per heavy atom. The molecule has 7 atom stereocenters. The maximum atomic E-state index is 12.6. The summed E-state index contributed by atoms with van der Waals surface area (Å²) in [5.41, 5.74) is -0.506. The molecule has 5 heterocycles. The minimum Gasteiger partial charge on any atom is -0.550 e. The van der Waals surface area contributed by atoms with E-state index in [-0.39, 0.29) is 120 Å². The van der Waals surface area contributed by atoms with E-state index in [1.54, 1.807) is 11.8 Å². The molecule has 1 saturated carbocycles. The molecule has 5 fully saturated rings. The molecule has 0 aromatic carbocycles. The van der Waals surface area contributed by atoms with Crippen LogP contribution < -0.4 is 113 Å². The standard InChI is InChI=1S/C15H23N3O3S.C12H13N3O7S.2K/c1-15(2)11(14(20)21)18-12(19)10(13(18)22-15)16-9-17-7-5-3-4-6-8-17;1-12(4-15-3-5(10(17)18)13-14-15)9(11(19)20)8-6(16)2-7(8)23(12,21)22;;/h9-11,13H,3-8H2,1-2H3,(H,20,21);3,7-9H,2,4H2,1H3,(H,17,18)(H,19,20);;/q;;2*+1/p-2/t10-,11+,13-;7?,8?,9-,12-;;/m10../s1. The van der Waals surface area contributed by atoms with Crippen molar-refractivity contribution in [3.05, 3.63) is 11.9 Å². The quantitative estimate of drug-likeness (QED) is 0.118. The van der Waals surface area contributed by atoms with Crippen molar-refractivity contribution in [3.63, 3.8) is 0 Å². The zero-order valence-electron chi connectivity index (χ0n) is 26.9. The number of hydrogen-bond donors (Lipinski definition) is 1. The summed E-state index contributed by atoms with van der Waals surface area (Å²) in [6.45, 7) is 6.52. The van der Waals surface area contributed by atoms with Crippen LogP contribution in [0.4, 0.5) is 0 Å². The van der Waals surface area contributed by atoms with Crippen LogP contribution in [-0.2, 0) is 35.6 Å². The second-order valence-corrected chi connectivity index (χ2v) is 17.1. The number of sulfone groups is 1. The van der Waals surface area contributed by atoms with Crippen molar-refractivity contribution < 1.29 is 150 Å². The van der Waals surface area contributed by atoms with Gasteiger partial charge in [0, 0.05) is 42.1 Å². The number of amides is 1. The van der Waals surface area contributed by atoms with E-state index >= 15 is 0 Å². The van der Waals surface area contributed by atoms with Gasteiger partial charge in [-0.05, 0) is 33.6 Å². The number of carboxylic acid groups (broad SMARTS) is 3. The fourth-order valence-electron chi connectivity index (χ4n) is 7.00. The molecule has 0 radical (unpaired) electrons. The number of aromatic carboxylic acids is 1. The molecular weight excluding hydrogens is 711 g/mol. The molecule has 4 saturated heterocycles. The maximum absolute atomic E-state index is 12.6. The number of thioether (sulfide) groups is 1. The Hall–Kier alpha value is -0.267. The second-order valence-electron chi connectivity index (χ2n) is 12.7. The van der Waals surface area contributed by atoms with Gasteiger partial charge in [-0.2, -0.15) is 0 Å². The van der Waals surface area contributed by atoms with Gasteiger partial charge in [0.2, 0.25) is 0 Å². The number of ketones is 1. The van der Waals surface area contributed by atoms with Gasteiger partial charge >= 0.3 is 109 Å². The number of likely N-dealkylation sites (tertiary alicyclic amines) is 1. The van der Waals surface area contributed by atoms with Gasteiger partial charge in [0.1, 0.15) is 22.9 Å². The van der Waals surface area contributed by atoms with Gasteiger partial charge < -0.3 is 34.7 Å². The van der Waals surface area contributed by atoms with E-state index < -0.39 is 84.4 Å². The third kappa shape index (κ3) is 7.54. The number of aliphatic imine (C=N–C) groups is 1. The van der Waals surface area contributed by atoms with E-state index in [4.69, 9.17) is 0 Å². The molecule has 1 aromatic rings. The number of hydrogen-bond acceptors (Lipinski definition) is 13. The van der Waals surface area contributed by atoms with Gasteiger partial charge in [0.25, 0.3) is 5.91 Å². The summed E-state index contributed by atoms with van der Waals surface area (Å²) in [5.74, 6) is -7.37. The zero-order chi connectivity index (χ0) is 33.1. The van der Waals surface area contributed by atoms with Crippen molar-refractivity contribution in [3.8, 4) is 0 Å². The van der Waals surface area contributed by atoms with Gasteiger partial charge in [0.15, 0.2) is 15.9 Å². The number of β-lactam (4-membered cyclic amide) rings is 1. The summed E-state index contributed by atoms with van der Waals surface area (Å²) in [4.78, 5) is 65.7. The minimum absolute atomic E-state index is 0. The van der Waals surface area contributed by atoms with Gasteiger partial charge in [-0.1, -0.05) is 18.1 Å². The van der Waals surface area contributed by atoms with Crippen LogP contribution in [0, 0.1) is 11.8 Å². The number of carboxylic acids is 3. The summed E-state index contributed by atoms with van der Waals surface area (Å²) < 4.78 is 23.9. The Bertz CT molecular complexity index is 1560. The molecule has 1 amide bonds. The maximum Gasteiger partial charge on any atom is 1.00 e. The molecule has 47 heavy (non-hydrogen) atoms. The Morgan fingerprint density at radius 3 is 2.23 bits per heavy atom. The van der Waals surface area contributed by atoms with Gasteiger partial charge in [-0.15, -0.1) is 16.9 Å². The monoisotopic (exact) mass is 744 g/mol. The van der Waals surface area contributed by atoms with Crippen molar-refractivity contribution in [2.24, 2.45) is 16.8 Å². The molecule has 246 valence electrons. The average Bonchev–Trinajstić information content (AvgIpc) is 3.44. The van der Waals surface area contributed by atoms with Crippen LogP contribution in [0.1, 0.15) is 63.4 Å². The molecule has 4 aliphatic heterocycles. The largest absolute Gasteiger partial charge is 1.00 e. The average molecular weight is 745 g/mol. The Labute approximate surface area is 361 Å². The molecule has 1 aromatic heterocycles. The first kappa shape index (κ1) is 41.2. The molecule has 0 bridgehead atoms.